The molecule has 1 N–H and O–H groups in total. The minimum Gasteiger partial charge on any atom is -0.467 e. The quantitative estimate of drug-likeness (QED) is 0.618. The second kappa shape index (κ2) is 8.28. The average molecular weight is 360 g/mol. The smallest absolute Gasteiger partial charge is 0.214 e. The van der Waals surface area contributed by atoms with Gasteiger partial charge in [-0.05, 0) is 48.0 Å². The van der Waals surface area contributed by atoms with Gasteiger partial charge in [-0.3, -0.25) is 0 Å². The minimum absolute atomic E-state index is 0.221. The van der Waals surface area contributed by atoms with Gasteiger partial charge in [0.05, 0.1) is 24.7 Å². The van der Waals surface area contributed by atoms with E-state index < -0.39 is 6.10 Å². The van der Waals surface area contributed by atoms with Gasteiger partial charge >= 0.3 is 0 Å². The SMILES string of the molecule is Cc1ccc(-n2nnnc2SCC(O)COCc2ccco2)c(C)c1. The monoisotopic (exact) mass is 360 g/mol. The Hall–Kier alpha value is -2.16. The van der Waals surface area contributed by atoms with E-state index in [0.717, 1.165) is 17.0 Å². The summed E-state index contributed by atoms with van der Waals surface area (Å²) in [7, 11) is 0. The van der Waals surface area contributed by atoms with Crippen molar-refractivity contribution in [2.45, 2.75) is 31.7 Å². The number of furan rings is 1. The Morgan fingerprint density at radius 3 is 2.96 bits per heavy atom. The highest BCUT2D eigenvalue weighted by atomic mass is 32.2. The Morgan fingerprint density at radius 2 is 2.20 bits per heavy atom. The third-order valence-electron chi connectivity index (χ3n) is 3.56. The van der Waals surface area contributed by atoms with Gasteiger partial charge in [-0.1, -0.05) is 29.5 Å². The van der Waals surface area contributed by atoms with Crippen LogP contribution in [0.5, 0.6) is 0 Å². The van der Waals surface area contributed by atoms with Gasteiger partial charge in [-0.25, -0.2) is 0 Å². The van der Waals surface area contributed by atoms with Crippen LogP contribution in [0.25, 0.3) is 5.69 Å². The fourth-order valence-corrected chi connectivity index (χ4v) is 3.16. The van der Waals surface area contributed by atoms with E-state index in [0.29, 0.717) is 17.5 Å². The van der Waals surface area contributed by atoms with Gasteiger partial charge in [0.15, 0.2) is 0 Å². The van der Waals surface area contributed by atoms with E-state index >= 15 is 0 Å². The summed E-state index contributed by atoms with van der Waals surface area (Å²) in [6, 6.07) is 9.74. The van der Waals surface area contributed by atoms with Crippen LogP contribution in [0.15, 0.2) is 46.2 Å². The average Bonchev–Trinajstić information content (AvgIpc) is 3.24. The zero-order valence-electron chi connectivity index (χ0n) is 14.1. The maximum Gasteiger partial charge on any atom is 0.214 e. The van der Waals surface area contributed by atoms with Gasteiger partial charge in [0.2, 0.25) is 5.16 Å². The van der Waals surface area contributed by atoms with Crippen LogP contribution in [-0.4, -0.2) is 43.8 Å². The number of rotatable bonds is 8. The van der Waals surface area contributed by atoms with Crippen LogP contribution in [0.2, 0.25) is 0 Å². The molecule has 0 saturated heterocycles. The number of tetrazole rings is 1. The molecule has 3 rings (SSSR count). The van der Waals surface area contributed by atoms with Crippen LogP contribution in [0.1, 0.15) is 16.9 Å². The van der Waals surface area contributed by atoms with Gasteiger partial charge in [-0.15, -0.1) is 5.10 Å². The Bertz CT molecular complexity index is 804. The lowest BCUT2D eigenvalue weighted by atomic mass is 10.1. The highest BCUT2D eigenvalue weighted by Crippen LogP contribution is 2.22. The van der Waals surface area contributed by atoms with Gasteiger partial charge in [0, 0.05) is 5.75 Å². The first-order valence-corrected chi connectivity index (χ1v) is 8.89. The van der Waals surface area contributed by atoms with E-state index in [9.17, 15) is 5.11 Å². The zero-order valence-corrected chi connectivity index (χ0v) is 14.9. The van der Waals surface area contributed by atoms with Crippen LogP contribution in [-0.2, 0) is 11.3 Å². The molecular weight excluding hydrogens is 340 g/mol. The van der Waals surface area contributed by atoms with Crippen molar-refractivity contribution in [3.63, 3.8) is 0 Å². The molecule has 0 aliphatic carbocycles. The van der Waals surface area contributed by atoms with Crippen LogP contribution < -0.4 is 0 Å². The van der Waals surface area contributed by atoms with E-state index in [1.54, 1.807) is 17.0 Å². The molecule has 0 amide bonds. The van der Waals surface area contributed by atoms with Gasteiger partial charge in [0.25, 0.3) is 0 Å². The number of aliphatic hydroxyl groups is 1. The Morgan fingerprint density at radius 1 is 1.32 bits per heavy atom. The van der Waals surface area contributed by atoms with Crippen molar-refractivity contribution < 1.29 is 14.3 Å². The predicted molar refractivity (Wildman–Crippen MR) is 93.7 cm³/mol. The van der Waals surface area contributed by atoms with Crippen molar-refractivity contribution in [3.05, 3.63) is 53.5 Å². The lowest BCUT2D eigenvalue weighted by molar-refractivity contribution is 0.0328. The summed E-state index contributed by atoms with van der Waals surface area (Å²) in [5.41, 5.74) is 3.21. The summed E-state index contributed by atoms with van der Waals surface area (Å²) in [6.45, 7) is 4.63. The number of nitrogens with zero attached hydrogens (tertiary/aromatic N) is 4. The highest BCUT2D eigenvalue weighted by Gasteiger charge is 2.14. The van der Waals surface area contributed by atoms with Crippen LogP contribution in [0.3, 0.4) is 0 Å². The maximum atomic E-state index is 10.1. The number of hydrogen-bond donors (Lipinski definition) is 1. The fourth-order valence-electron chi connectivity index (χ4n) is 2.37. The molecule has 2 heterocycles. The topological polar surface area (TPSA) is 86.2 Å². The molecule has 25 heavy (non-hydrogen) atoms. The predicted octanol–water partition coefficient (Wildman–Crippen LogP) is 2.54. The largest absolute Gasteiger partial charge is 0.467 e. The molecule has 0 fully saturated rings. The molecule has 7 nitrogen and oxygen atoms in total. The van der Waals surface area contributed by atoms with Crippen molar-refractivity contribution in [2.24, 2.45) is 0 Å². The number of hydrogen-bond acceptors (Lipinski definition) is 7. The van der Waals surface area contributed by atoms with Gasteiger partial charge in [-0.2, -0.15) is 4.68 Å². The van der Waals surface area contributed by atoms with E-state index in [1.165, 1.54) is 17.3 Å². The second-order valence-electron chi connectivity index (χ2n) is 5.72. The molecule has 0 spiro atoms. The van der Waals surface area contributed by atoms with E-state index in [4.69, 9.17) is 9.15 Å². The summed E-state index contributed by atoms with van der Waals surface area (Å²) in [4.78, 5) is 0. The first-order chi connectivity index (χ1) is 12.1. The molecule has 0 saturated carbocycles. The summed E-state index contributed by atoms with van der Waals surface area (Å²) in [5.74, 6) is 1.17. The van der Waals surface area contributed by atoms with E-state index in [2.05, 4.69) is 21.6 Å². The third-order valence-corrected chi connectivity index (χ3v) is 4.63. The van der Waals surface area contributed by atoms with E-state index in [-0.39, 0.29) is 6.61 Å². The third kappa shape index (κ3) is 4.68. The molecule has 132 valence electrons. The first-order valence-electron chi connectivity index (χ1n) is 7.90. The molecule has 0 aliphatic rings. The normalized spacial score (nSPS) is 12.4. The standard InChI is InChI=1S/C17H20N4O3S/c1-12-5-6-16(13(2)8-12)21-17(18-19-20-21)25-11-14(22)9-23-10-15-4-3-7-24-15/h3-8,14,22H,9-11H2,1-2H3. The molecule has 0 radical (unpaired) electrons. The number of benzene rings is 1. The molecule has 8 heteroatoms. The molecule has 1 atom stereocenters. The molecule has 1 aromatic carbocycles. The summed E-state index contributed by atoms with van der Waals surface area (Å²) < 4.78 is 12.3. The number of aromatic nitrogens is 4. The minimum atomic E-state index is -0.621. The summed E-state index contributed by atoms with van der Waals surface area (Å²) in [6.07, 6.45) is 0.974. The molecule has 1 unspecified atom stereocenters. The molecule has 2 aromatic heterocycles. The first kappa shape index (κ1) is 17.7. The van der Waals surface area contributed by atoms with Crippen molar-refractivity contribution in [2.75, 3.05) is 12.4 Å². The lowest BCUT2D eigenvalue weighted by Gasteiger charge is -2.11. The van der Waals surface area contributed by atoms with Crippen molar-refractivity contribution >= 4 is 11.8 Å². The van der Waals surface area contributed by atoms with Gasteiger partial charge < -0.3 is 14.3 Å². The number of thioether (sulfide) groups is 1. The van der Waals surface area contributed by atoms with Crippen molar-refractivity contribution in [3.8, 4) is 5.69 Å². The Balaban J connectivity index is 1.54. The highest BCUT2D eigenvalue weighted by molar-refractivity contribution is 7.99. The maximum absolute atomic E-state index is 10.1. The second-order valence-corrected chi connectivity index (χ2v) is 6.71. The zero-order chi connectivity index (χ0) is 17.6. The summed E-state index contributed by atoms with van der Waals surface area (Å²) >= 11 is 1.39. The Kier molecular flexibility index (Phi) is 5.85. The van der Waals surface area contributed by atoms with Crippen LogP contribution >= 0.6 is 11.8 Å². The molecule has 3 aromatic rings. The number of aliphatic hydroxyl groups excluding tert-OH is 1. The van der Waals surface area contributed by atoms with Crippen molar-refractivity contribution in [1.82, 2.24) is 20.2 Å². The number of aryl methyl sites for hydroxylation is 2. The van der Waals surface area contributed by atoms with Crippen molar-refractivity contribution in [1.29, 1.82) is 0 Å². The number of ether oxygens (including phenoxy) is 1. The molecule has 0 aliphatic heterocycles. The molecular formula is C17H20N4O3S. The van der Waals surface area contributed by atoms with E-state index in [1.807, 2.05) is 32.0 Å². The lowest BCUT2D eigenvalue weighted by Crippen LogP contribution is -2.18. The van der Waals surface area contributed by atoms with Crippen LogP contribution in [0.4, 0.5) is 0 Å². The van der Waals surface area contributed by atoms with Crippen LogP contribution in [0, 0.1) is 13.8 Å². The summed E-state index contributed by atoms with van der Waals surface area (Å²) in [5, 5.41) is 22.6. The Labute approximate surface area is 150 Å². The molecule has 0 bridgehead atoms. The van der Waals surface area contributed by atoms with Gasteiger partial charge in [0.1, 0.15) is 12.4 Å². The fraction of sp³-hybridized carbons (Fsp3) is 0.353.